The molecule has 0 fully saturated rings. The second-order valence-electron chi connectivity index (χ2n) is 5.56. The molecule has 0 aliphatic heterocycles. The zero-order chi connectivity index (χ0) is 13.5. The van der Waals surface area contributed by atoms with Crippen molar-refractivity contribution in [3.8, 4) is 0 Å². The lowest BCUT2D eigenvalue weighted by Gasteiger charge is -2.27. The lowest BCUT2D eigenvalue weighted by molar-refractivity contribution is 0.362. The topological polar surface area (TPSA) is 12.0 Å². The van der Waals surface area contributed by atoms with E-state index in [0.717, 1.165) is 6.54 Å². The molecule has 1 nitrogen and oxygen atoms in total. The SMILES string of the molecule is CCCNC(c1ccc(C)cc1C)C(C)CCC. The van der Waals surface area contributed by atoms with Crippen LogP contribution in [0.5, 0.6) is 0 Å². The van der Waals surface area contributed by atoms with Gasteiger partial charge in [-0.25, -0.2) is 0 Å². The summed E-state index contributed by atoms with van der Waals surface area (Å²) < 4.78 is 0. The maximum atomic E-state index is 3.73. The average Bonchev–Trinajstić information content (AvgIpc) is 2.32. The fourth-order valence-corrected chi connectivity index (χ4v) is 2.71. The Morgan fingerprint density at radius 2 is 1.83 bits per heavy atom. The first-order valence-corrected chi connectivity index (χ1v) is 7.40. The third-order valence-corrected chi connectivity index (χ3v) is 3.69. The van der Waals surface area contributed by atoms with Crippen molar-refractivity contribution in [2.75, 3.05) is 6.54 Å². The highest BCUT2D eigenvalue weighted by atomic mass is 14.9. The second kappa shape index (κ2) is 7.58. The van der Waals surface area contributed by atoms with Crippen LogP contribution in [0.15, 0.2) is 18.2 Å². The number of hydrogen-bond donors (Lipinski definition) is 1. The van der Waals surface area contributed by atoms with Gasteiger partial charge in [0.1, 0.15) is 0 Å². The van der Waals surface area contributed by atoms with Crippen LogP contribution < -0.4 is 5.32 Å². The number of rotatable bonds is 7. The van der Waals surface area contributed by atoms with Gasteiger partial charge in [-0.2, -0.15) is 0 Å². The molecule has 0 saturated heterocycles. The van der Waals surface area contributed by atoms with Crippen LogP contribution in [0.4, 0.5) is 0 Å². The van der Waals surface area contributed by atoms with E-state index in [9.17, 15) is 0 Å². The quantitative estimate of drug-likeness (QED) is 0.731. The minimum atomic E-state index is 0.505. The zero-order valence-electron chi connectivity index (χ0n) is 12.7. The molecule has 0 heterocycles. The van der Waals surface area contributed by atoms with Crippen LogP contribution in [-0.2, 0) is 0 Å². The third kappa shape index (κ3) is 4.13. The van der Waals surface area contributed by atoms with Gasteiger partial charge in [0.2, 0.25) is 0 Å². The summed E-state index contributed by atoms with van der Waals surface area (Å²) in [5, 5.41) is 3.73. The predicted molar refractivity (Wildman–Crippen MR) is 81.0 cm³/mol. The van der Waals surface area contributed by atoms with Crippen LogP contribution in [0.1, 0.15) is 62.8 Å². The van der Waals surface area contributed by atoms with Gasteiger partial charge < -0.3 is 5.32 Å². The molecule has 0 radical (unpaired) electrons. The maximum Gasteiger partial charge on any atom is 0.0348 e. The van der Waals surface area contributed by atoms with E-state index in [2.05, 4.69) is 58.1 Å². The fraction of sp³-hybridized carbons (Fsp3) is 0.647. The van der Waals surface area contributed by atoms with Crippen molar-refractivity contribution in [1.29, 1.82) is 0 Å². The molecule has 0 aromatic heterocycles. The third-order valence-electron chi connectivity index (χ3n) is 3.69. The highest BCUT2D eigenvalue weighted by Crippen LogP contribution is 2.28. The van der Waals surface area contributed by atoms with Crippen molar-refractivity contribution in [1.82, 2.24) is 5.32 Å². The number of benzene rings is 1. The monoisotopic (exact) mass is 247 g/mol. The second-order valence-corrected chi connectivity index (χ2v) is 5.56. The first-order valence-electron chi connectivity index (χ1n) is 7.40. The van der Waals surface area contributed by atoms with Gasteiger partial charge in [-0.05, 0) is 50.3 Å². The van der Waals surface area contributed by atoms with Gasteiger partial charge in [0, 0.05) is 6.04 Å². The molecule has 0 amide bonds. The van der Waals surface area contributed by atoms with E-state index >= 15 is 0 Å². The first-order chi connectivity index (χ1) is 8.60. The smallest absolute Gasteiger partial charge is 0.0348 e. The standard InChI is InChI=1S/C17H29N/c1-6-8-14(4)17(18-11-7-2)16-10-9-13(3)12-15(16)5/h9-10,12,14,17-18H,6-8,11H2,1-5H3. The van der Waals surface area contributed by atoms with E-state index in [0.29, 0.717) is 12.0 Å². The molecule has 1 rings (SSSR count). The molecule has 0 aliphatic carbocycles. The Bertz CT molecular complexity index is 357. The molecule has 0 saturated carbocycles. The van der Waals surface area contributed by atoms with E-state index in [1.54, 1.807) is 0 Å². The van der Waals surface area contributed by atoms with Crippen molar-refractivity contribution in [2.45, 2.75) is 59.9 Å². The van der Waals surface area contributed by atoms with Crippen LogP contribution in [0.3, 0.4) is 0 Å². The van der Waals surface area contributed by atoms with Crippen molar-refractivity contribution >= 4 is 0 Å². The van der Waals surface area contributed by atoms with Crippen LogP contribution in [0.25, 0.3) is 0 Å². The largest absolute Gasteiger partial charge is 0.310 e. The van der Waals surface area contributed by atoms with Crippen LogP contribution >= 0.6 is 0 Å². The summed E-state index contributed by atoms with van der Waals surface area (Å²) in [5.41, 5.74) is 4.26. The Morgan fingerprint density at radius 3 is 2.39 bits per heavy atom. The number of hydrogen-bond acceptors (Lipinski definition) is 1. The summed E-state index contributed by atoms with van der Waals surface area (Å²) >= 11 is 0. The van der Waals surface area contributed by atoms with E-state index in [1.165, 1.54) is 36.0 Å². The molecule has 1 heteroatoms. The number of aryl methyl sites for hydroxylation is 2. The summed E-state index contributed by atoms with van der Waals surface area (Å²) in [6.07, 6.45) is 3.74. The highest BCUT2D eigenvalue weighted by molar-refractivity contribution is 5.33. The lowest BCUT2D eigenvalue weighted by atomic mass is 9.88. The lowest BCUT2D eigenvalue weighted by Crippen LogP contribution is -2.28. The van der Waals surface area contributed by atoms with Gasteiger partial charge in [-0.3, -0.25) is 0 Å². The van der Waals surface area contributed by atoms with E-state index < -0.39 is 0 Å². The van der Waals surface area contributed by atoms with E-state index in [1.807, 2.05) is 0 Å². The van der Waals surface area contributed by atoms with Gasteiger partial charge in [0.25, 0.3) is 0 Å². The van der Waals surface area contributed by atoms with Crippen LogP contribution in [-0.4, -0.2) is 6.54 Å². The Kier molecular flexibility index (Phi) is 6.42. The predicted octanol–water partition coefficient (Wildman–Crippen LogP) is 4.78. The Labute approximate surface area is 113 Å². The Hall–Kier alpha value is -0.820. The van der Waals surface area contributed by atoms with Gasteiger partial charge in [0.05, 0.1) is 0 Å². The van der Waals surface area contributed by atoms with E-state index in [-0.39, 0.29) is 0 Å². The Balaban J connectivity index is 2.93. The molecule has 1 aromatic rings. The summed E-state index contributed by atoms with van der Waals surface area (Å²) in [6, 6.07) is 7.35. The molecule has 2 unspecified atom stereocenters. The molecule has 1 N–H and O–H groups in total. The molecule has 102 valence electrons. The summed E-state index contributed by atoms with van der Waals surface area (Å²) in [6.45, 7) is 12.4. The van der Waals surface area contributed by atoms with Crippen molar-refractivity contribution in [3.05, 3.63) is 34.9 Å². The van der Waals surface area contributed by atoms with Crippen LogP contribution in [0, 0.1) is 19.8 Å². The van der Waals surface area contributed by atoms with Gasteiger partial charge in [-0.15, -0.1) is 0 Å². The minimum Gasteiger partial charge on any atom is -0.310 e. The summed E-state index contributed by atoms with van der Waals surface area (Å²) in [7, 11) is 0. The molecular weight excluding hydrogens is 218 g/mol. The fourth-order valence-electron chi connectivity index (χ4n) is 2.71. The van der Waals surface area contributed by atoms with Gasteiger partial charge >= 0.3 is 0 Å². The van der Waals surface area contributed by atoms with E-state index in [4.69, 9.17) is 0 Å². The first kappa shape index (κ1) is 15.2. The Morgan fingerprint density at radius 1 is 1.11 bits per heavy atom. The van der Waals surface area contributed by atoms with Crippen molar-refractivity contribution < 1.29 is 0 Å². The zero-order valence-corrected chi connectivity index (χ0v) is 12.7. The normalized spacial score (nSPS) is 14.5. The average molecular weight is 247 g/mol. The molecule has 0 aliphatic rings. The van der Waals surface area contributed by atoms with Gasteiger partial charge in [0.15, 0.2) is 0 Å². The molecule has 0 bridgehead atoms. The molecule has 18 heavy (non-hydrogen) atoms. The highest BCUT2D eigenvalue weighted by Gasteiger charge is 2.19. The molecule has 1 aromatic carbocycles. The van der Waals surface area contributed by atoms with Crippen molar-refractivity contribution in [2.24, 2.45) is 5.92 Å². The minimum absolute atomic E-state index is 0.505. The molecule has 0 spiro atoms. The molecular formula is C17H29N. The summed E-state index contributed by atoms with van der Waals surface area (Å²) in [5.74, 6) is 0.697. The van der Waals surface area contributed by atoms with Crippen LogP contribution in [0.2, 0.25) is 0 Å². The van der Waals surface area contributed by atoms with Crippen molar-refractivity contribution in [3.63, 3.8) is 0 Å². The maximum absolute atomic E-state index is 3.73. The summed E-state index contributed by atoms with van der Waals surface area (Å²) in [4.78, 5) is 0. The molecule has 2 atom stereocenters. The number of nitrogens with one attached hydrogen (secondary N) is 1. The van der Waals surface area contributed by atoms with Gasteiger partial charge in [-0.1, -0.05) is 51.0 Å².